The number of allylic oxidation sites excluding steroid dienone is 30. The average molecular weight is 1060 g/mol. The van der Waals surface area contributed by atoms with Gasteiger partial charge in [-0.15, -0.1) is 0 Å². The van der Waals surface area contributed by atoms with Crippen molar-refractivity contribution < 1.29 is 28.6 Å². The molecule has 0 rings (SSSR count). The summed E-state index contributed by atoms with van der Waals surface area (Å²) in [6, 6.07) is 0. The highest BCUT2D eigenvalue weighted by atomic mass is 16.6. The smallest absolute Gasteiger partial charge is 0.306 e. The second-order valence-corrected chi connectivity index (χ2v) is 19.1. The Morgan fingerprint density at radius 3 is 0.831 bits per heavy atom. The molecular formula is C71H108O6. The van der Waals surface area contributed by atoms with Crippen LogP contribution in [0.5, 0.6) is 0 Å². The van der Waals surface area contributed by atoms with Crippen molar-refractivity contribution in [3.8, 4) is 0 Å². The molecule has 0 N–H and O–H groups in total. The van der Waals surface area contributed by atoms with Crippen LogP contribution in [-0.2, 0) is 28.6 Å². The molecule has 0 aromatic rings. The number of ether oxygens (including phenoxy) is 3. The third-order valence-electron chi connectivity index (χ3n) is 11.9. The first-order valence-corrected chi connectivity index (χ1v) is 30.3. The second-order valence-electron chi connectivity index (χ2n) is 19.1. The summed E-state index contributed by atoms with van der Waals surface area (Å²) in [5.41, 5.74) is 0. The SMILES string of the molecule is CC/C=C\C/C=C\C/C=C\C/C=C\C/C=C\C/C=C\C/C=C\C/C=C\CCCCC(=O)OCC(COC(=O)CCCCCCC/C=C\CCCC)OC(=O)CCCC/C=C\C/C=C\C/C=C\C/C=C\C/C=C\C/C=C\CC. The highest BCUT2D eigenvalue weighted by Gasteiger charge is 2.19. The van der Waals surface area contributed by atoms with E-state index in [2.05, 4.69) is 203 Å². The first-order chi connectivity index (χ1) is 38.0. The fourth-order valence-corrected chi connectivity index (χ4v) is 7.38. The van der Waals surface area contributed by atoms with Crippen LogP contribution in [0.4, 0.5) is 0 Å². The van der Waals surface area contributed by atoms with Gasteiger partial charge in [-0.2, -0.15) is 0 Å². The molecule has 6 nitrogen and oxygen atoms in total. The summed E-state index contributed by atoms with van der Waals surface area (Å²) in [6.45, 7) is 6.27. The van der Waals surface area contributed by atoms with E-state index in [1.54, 1.807) is 0 Å². The number of carbonyl (C=O) groups is 3. The summed E-state index contributed by atoms with van der Waals surface area (Å²) < 4.78 is 16.8. The Labute approximate surface area is 472 Å². The molecule has 0 aromatic carbocycles. The first-order valence-electron chi connectivity index (χ1n) is 30.3. The van der Waals surface area contributed by atoms with Crippen LogP contribution in [0.2, 0.25) is 0 Å². The van der Waals surface area contributed by atoms with Gasteiger partial charge in [0.1, 0.15) is 13.2 Å². The van der Waals surface area contributed by atoms with Gasteiger partial charge in [0.2, 0.25) is 0 Å². The third kappa shape index (κ3) is 61.2. The maximum atomic E-state index is 12.9. The molecule has 0 aliphatic rings. The molecule has 0 aliphatic heterocycles. The molecule has 0 saturated heterocycles. The lowest BCUT2D eigenvalue weighted by Crippen LogP contribution is -2.30. The van der Waals surface area contributed by atoms with E-state index < -0.39 is 6.10 Å². The molecule has 0 aliphatic carbocycles. The Bertz CT molecular complexity index is 1840. The largest absolute Gasteiger partial charge is 0.462 e. The first kappa shape index (κ1) is 71.5. The lowest BCUT2D eigenvalue weighted by molar-refractivity contribution is -0.167. The average Bonchev–Trinajstić information content (AvgIpc) is 3.43. The maximum absolute atomic E-state index is 12.9. The van der Waals surface area contributed by atoms with Crippen LogP contribution in [0.3, 0.4) is 0 Å². The van der Waals surface area contributed by atoms with Crippen molar-refractivity contribution in [3.63, 3.8) is 0 Å². The Morgan fingerprint density at radius 1 is 0.273 bits per heavy atom. The van der Waals surface area contributed by atoms with Crippen molar-refractivity contribution in [2.75, 3.05) is 13.2 Å². The maximum Gasteiger partial charge on any atom is 0.306 e. The molecule has 0 radical (unpaired) electrons. The fourth-order valence-electron chi connectivity index (χ4n) is 7.38. The number of esters is 3. The Hall–Kier alpha value is -5.49. The Balaban J connectivity index is 4.52. The molecule has 0 amide bonds. The molecule has 0 aromatic heterocycles. The minimum Gasteiger partial charge on any atom is -0.462 e. The van der Waals surface area contributed by atoms with E-state index in [-0.39, 0.29) is 44.0 Å². The predicted octanol–water partition coefficient (Wildman–Crippen LogP) is 20.9. The molecular weight excluding hydrogens is 949 g/mol. The van der Waals surface area contributed by atoms with Crippen molar-refractivity contribution in [1.29, 1.82) is 0 Å². The van der Waals surface area contributed by atoms with Gasteiger partial charge >= 0.3 is 17.9 Å². The zero-order valence-corrected chi connectivity index (χ0v) is 48.9. The molecule has 1 unspecified atom stereocenters. The number of carbonyl (C=O) groups excluding carboxylic acids is 3. The quantitative estimate of drug-likeness (QED) is 0.0261. The van der Waals surface area contributed by atoms with Gasteiger partial charge < -0.3 is 14.2 Å². The number of rotatable bonds is 52. The van der Waals surface area contributed by atoms with E-state index in [4.69, 9.17) is 14.2 Å². The minimum atomic E-state index is -0.834. The minimum absolute atomic E-state index is 0.124. The predicted molar refractivity (Wildman–Crippen MR) is 334 cm³/mol. The molecule has 0 saturated carbocycles. The summed E-state index contributed by atoms with van der Waals surface area (Å²) in [6.07, 6.45) is 94.7. The summed E-state index contributed by atoms with van der Waals surface area (Å²) in [7, 11) is 0. The molecule has 6 heteroatoms. The monoisotopic (exact) mass is 1060 g/mol. The molecule has 77 heavy (non-hydrogen) atoms. The number of unbranched alkanes of at least 4 members (excludes halogenated alkanes) is 11. The standard InChI is InChI=1S/C71H108O6/c1-4-7-10-13-16-19-22-24-26-28-30-32-33-34-35-36-37-39-40-42-44-46-49-52-55-58-61-64-70(73)76-67-68(66-75-69(72)63-60-57-54-51-48-21-18-15-12-9-6-3)77-71(74)65-62-59-56-53-50-47-45-43-41-38-31-29-27-25-23-20-17-14-11-8-5-2/h7-8,10-11,15-20,24-27,30-32,34-35,37-39,42-45,49-50,52-53,68H,4-6,9,12-14,21-23,28-29,33,36,40-41,46-48,51,54-67H2,1-3H3/b10-7-,11-8-,18-15-,19-16-,20-17-,26-24-,27-25-,32-30-,35-34-,38-31-,39-37-,44-42-,45-43-,52-49-,53-50-. The van der Waals surface area contributed by atoms with Gasteiger partial charge in [-0.25, -0.2) is 0 Å². The van der Waals surface area contributed by atoms with Crippen molar-refractivity contribution in [1.82, 2.24) is 0 Å². The molecule has 428 valence electrons. The second kappa shape index (κ2) is 63.0. The van der Waals surface area contributed by atoms with Gasteiger partial charge in [-0.05, 0) is 154 Å². The molecule has 0 spiro atoms. The van der Waals surface area contributed by atoms with Crippen LogP contribution < -0.4 is 0 Å². The van der Waals surface area contributed by atoms with E-state index in [1.165, 1.54) is 19.3 Å². The topological polar surface area (TPSA) is 78.9 Å². The van der Waals surface area contributed by atoms with E-state index in [1.807, 2.05) is 0 Å². The molecule has 0 heterocycles. The van der Waals surface area contributed by atoms with Crippen LogP contribution in [0, 0.1) is 0 Å². The van der Waals surface area contributed by atoms with E-state index in [9.17, 15) is 14.4 Å². The van der Waals surface area contributed by atoms with Gasteiger partial charge in [0, 0.05) is 19.3 Å². The normalized spacial score (nSPS) is 13.4. The zero-order chi connectivity index (χ0) is 55.7. The van der Waals surface area contributed by atoms with Crippen molar-refractivity contribution in [2.45, 2.75) is 232 Å². The zero-order valence-electron chi connectivity index (χ0n) is 48.9. The summed E-state index contributed by atoms with van der Waals surface area (Å²) >= 11 is 0. The van der Waals surface area contributed by atoms with Gasteiger partial charge in [0.05, 0.1) is 0 Å². The van der Waals surface area contributed by atoms with Crippen molar-refractivity contribution >= 4 is 17.9 Å². The van der Waals surface area contributed by atoms with Gasteiger partial charge in [0.25, 0.3) is 0 Å². The lowest BCUT2D eigenvalue weighted by Gasteiger charge is -2.18. The summed E-state index contributed by atoms with van der Waals surface area (Å²) in [5, 5.41) is 0. The van der Waals surface area contributed by atoms with Gasteiger partial charge in [-0.1, -0.05) is 235 Å². The number of hydrogen-bond donors (Lipinski definition) is 0. The van der Waals surface area contributed by atoms with Crippen molar-refractivity contribution in [3.05, 3.63) is 182 Å². The van der Waals surface area contributed by atoms with Gasteiger partial charge in [0.15, 0.2) is 6.10 Å². The van der Waals surface area contributed by atoms with Crippen LogP contribution >= 0.6 is 0 Å². The third-order valence-corrected chi connectivity index (χ3v) is 11.9. The van der Waals surface area contributed by atoms with Gasteiger partial charge in [-0.3, -0.25) is 14.4 Å². The number of hydrogen-bond acceptors (Lipinski definition) is 6. The van der Waals surface area contributed by atoms with E-state index in [0.29, 0.717) is 19.3 Å². The summed E-state index contributed by atoms with van der Waals surface area (Å²) in [5.74, 6) is -1.03. The highest BCUT2D eigenvalue weighted by Crippen LogP contribution is 2.12. The molecule has 1 atom stereocenters. The molecule has 0 bridgehead atoms. The van der Waals surface area contributed by atoms with Crippen molar-refractivity contribution in [2.24, 2.45) is 0 Å². The lowest BCUT2D eigenvalue weighted by atomic mass is 10.1. The summed E-state index contributed by atoms with van der Waals surface area (Å²) in [4.78, 5) is 38.2. The van der Waals surface area contributed by atoms with E-state index in [0.717, 1.165) is 154 Å². The Morgan fingerprint density at radius 2 is 0.506 bits per heavy atom. The highest BCUT2D eigenvalue weighted by molar-refractivity contribution is 5.71. The van der Waals surface area contributed by atoms with Crippen LogP contribution in [-0.4, -0.2) is 37.2 Å². The van der Waals surface area contributed by atoms with Crippen LogP contribution in [0.25, 0.3) is 0 Å². The van der Waals surface area contributed by atoms with Crippen LogP contribution in [0.15, 0.2) is 182 Å². The van der Waals surface area contributed by atoms with Crippen LogP contribution in [0.1, 0.15) is 226 Å². The Kier molecular flexibility index (Phi) is 58.6. The fraction of sp³-hybridized carbons (Fsp3) is 0.535. The molecule has 0 fully saturated rings. The van der Waals surface area contributed by atoms with E-state index >= 15 is 0 Å².